The lowest BCUT2D eigenvalue weighted by Crippen LogP contribution is -2.42. The molecule has 1 N–H and O–H groups in total. The summed E-state index contributed by atoms with van der Waals surface area (Å²) in [6.07, 6.45) is 3.98. The number of nitrogens with one attached hydrogen (secondary N) is 1. The highest BCUT2D eigenvalue weighted by atomic mass is 32.2. The van der Waals surface area contributed by atoms with Crippen molar-refractivity contribution in [2.24, 2.45) is 0 Å². The first-order chi connectivity index (χ1) is 9.91. The zero-order valence-electron chi connectivity index (χ0n) is 12.1. The van der Waals surface area contributed by atoms with Gasteiger partial charge in [0.25, 0.3) is 0 Å². The molecule has 1 saturated heterocycles. The first-order valence-electron chi connectivity index (χ1n) is 6.78. The average molecular weight is 329 g/mol. The summed E-state index contributed by atoms with van der Waals surface area (Å²) in [6.45, 7) is 2.45. The summed E-state index contributed by atoms with van der Waals surface area (Å²) in [6, 6.07) is 3.00. The third-order valence-corrected chi connectivity index (χ3v) is 5.34. The highest BCUT2D eigenvalue weighted by Crippen LogP contribution is 2.22. The van der Waals surface area contributed by atoms with Gasteiger partial charge in [-0.1, -0.05) is 6.92 Å². The molecule has 1 amide bonds. The molecule has 0 aliphatic carbocycles. The maximum atomic E-state index is 12.2. The van der Waals surface area contributed by atoms with Gasteiger partial charge in [-0.15, -0.1) is 11.8 Å². The molecule has 1 fully saturated rings. The molecular formula is C13H19N3O3S2. The monoisotopic (exact) mass is 329 g/mol. The van der Waals surface area contributed by atoms with Gasteiger partial charge < -0.3 is 5.32 Å². The Labute approximate surface area is 129 Å². The van der Waals surface area contributed by atoms with E-state index in [4.69, 9.17) is 0 Å². The minimum atomic E-state index is -3.35. The largest absolute Gasteiger partial charge is 0.323 e. The number of carbonyl (C=O) groups excluding carboxylic acids is 1. The number of pyridine rings is 1. The van der Waals surface area contributed by atoms with Gasteiger partial charge in [0, 0.05) is 6.54 Å². The fourth-order valence-electron chi connectivity index (χ4n) is 2.31. The summed E-state index contributed by atoms with van der Waals surface area (Å²) in [5.41, 5.74) is 0.584. The number of carbonyl (C=O) groups is 1. The quantitative estimate of drug-likeness (QED) is 0.829. The Morgan fingerprint density at radius 3 is 2.86 bits per heavy atom. The number of aromatic nitrogens is 1. The molecule has 1 atom stereocenters. The average Bonchev–Trinajstić information content (AvgIpc) is 2.90. The van der Waals surface area contributed by atoms with Crippen LogP contribution in [0.25, 0.3) is 0 Å². The van der Waals surface area contributed by atoms with Gasteiger partial charge in [-0.2, -0.15) is 4.31 Å². The van der Waals surface area contributed by atoms with E-state index in [1.807, 2.05) is 13.0 Å². The molecule has 1 unspecified atom stereocenters. The molecule has 1 aliphatic heterocycles. The number of nitrogens with zero attached hydrogens (tertiary/aromatic N) is 2. The fourth-order valence-corrected chi connectivity index (χ4v) is 4.02. The molecule has 2 rings (SSSR count). The molecule has 1 aromatic rings. The molecule has 8 heteroatoms. The minimum absolute atomic E-state index is 0.296. The van der Waals surface area contributed by atoms with Crippen LogP contribution in [-0.4, -0.2) is 48.2 Å². The third-order valence-electron chi connectivity index (χ3n) is 3.23. The van der Waals surface area contributed by atoms with Crippen LogP contribution in [0.1, 0.15) is 19.8 Å². The highest BCUT2D eigenvalue weighted by Gasteiger charge is 2.36. The molecular weight excluding hydrogens is 310 g/mol. The first-order valence-corrected chi connectivity index (χ1v) is 9.61. The Bertz CT molecular complexity index is 602. The Balaban J connectivity index is 2.04. The van der Waals surface area contributed by atoms with Crippen LogP contribution in [0.15, 0.2) is 23.4 Å². The predicted molar refractivity (Wildman–Crippen MR) is 83.8 cm³/mol. The third kappa shape index (κ3) is 4.18. The molecule has 6 nitrogen and oxygen atoms in total. The standard InChI is InChI=1S/C13H19N3O3S2/c1-3-20-12-7-6-10(9-14-12)15-13(17)11-5-4-8-16(11)21(2,18)19/h6-7,9,11H,3-5,8H2,1-2H3,(H,15,17). The molecule has 0 spiro atoms. The summed E-state index contributed by atoms with van der Waals surface area (Å²) < 4.78 is 24.6. The number of hydrogen-bond donors (Lipinski definition) is 1. The lowest BCUT2D eigenvalue weighted by atomic mass is 10.2. The first kappa shape index (κ1) is 16.3. The van der Waals surface area contributed by atoms with Gasteiger partial charge in [0.05, 0.1) is 23.2 Å². The van der Waals surface area contributed by atoms with Gasteiger partial charge in [-0.25, -0.2) is 13.4 Å². The maximum Gasteiger partial charge on any atom is 0.242 e. The van der Waals surface area contributed by atoms with Gasteiger partial charge in [0.15, 0.2) is 0 Å². The second kappa shape index (κ2) is 6.76. The van der Waals surface area contributed by atoms with Crippen molar-refractivity contribution in [3.05, 3.63) is 18.3 Å². The molecule has 0 bridgehead atoms. The van der Waals surface area contributed by atoms with E-state index in [1.54, 1.807) is 24.0 Å². The van der Waals surface area contributed by atoms with E-state index in [1.165, 1.54) is 4.31 Å². The molecule has 116 valence electrons. The lowest BCUT2D eigenvalue weighted by Gasteiger charge is -2.21. The number of thioether (sulfide) groups is 1. The summed E-state index contributed by atoms with van der Waals surface area (Å²) in [7, 11) is -3.35. The zero-order valence-corrected chi connectivity index (χ0v) is 13.7. The van der Waals surface area contributed by atoms with E-state index in [0.717, 1.165) is 17.0 Å². The number of sulfonamides is 1. The number of rotatable bonds is 5. The van der Waals surface area contributed by atoms with Crippen molar-refractivity contribution in [1.82, 2.24) is 9.29 Å². The van der Waals surface area contributed by atoms with Crippen LogP contribution in [0.4, 0.5) is 5.69 Å². The Hall–Kier alpha value is -1.12. The summed E-state index contributed by atoms with van der Waals surface area (Å²) in [5, 5.41) is 3.64. The molecule has 0 radical (unpaired) electrons. The molecule has 2 heterocycles. The van der Waals surface area contributed by atoms with Crippen LogP contribution in [0.5, 0.6) is 0 Å². The van der Waals surface area contributed by atoms with Crippen molar-refractivity contribution < 1.29 is 13.2 Å². The number of amides is 1. The molecule has 0 aromatic carbocycles. The van der Waals surface area contributed by atoms with Crippen LogP contribution < -0.4 is 5.32 Å². The summed E-state index contributed by atoms with van der Waals surface area (Å²) in [4.78, 5) is 16.5. The topological polar surface area (TPSA) is 79.4 Å². The van der Waals surface area contributed by atoms with Crippen molar-refractivity contribution >= 4 is 33.4 Å². The van der Waals surface area contributed by atoms with Crippen molar-refractivity contribution in [2.45, 2.75) is 30.8 Å². The van der Waals surface area contributed by atoms with E-state index in [2.05, 4.69) is 10.3 Å². The van der Waals surface area contributed by atoms with Crippen molar-refractivity contribution in [3.8, 4) is 0 Å². The predicted octanol–water partition coefficient (Wildman–Crippen LogP) is 1.56. The molecule has 1 aliphatic rings. The van der Waals surface area contributed by atoms with Gasteiger partial charge in [0.1, 0.15) is 6.04 Å². The zero-order chi connectivity index (χ0) is 15.5. The van der Waals surface area contributed by atoms with Gasteiger partial charge >= 0.3 is 0 Å². The second-order valence-electron chi connectivity index (χ2n) is 4.84. The van der Waals surface area contributed by atoms with Crippen molar-refractivity contribution in [2.75, 3.05) is 23.9 Å². The SMILES string of the molecule is CCSc1ccc(NC(=O)C2CCCN2S(C)(=O)=O)cn1. The van der Waals surface area contributed by atoms with E-state index in [0.29, 0.717) is 25.1 Å². The Morgan fingerprint density at radius 1 is 1.52 bits per heavy atom. The van der Waals surface area contributed by atoms with Crippen molar-refractivity contribution in [3.63, 3.8) is 0 Å². The summed E-state index contributed by atoms with van der Waals surface area (Å²) in [5.74, 6) is 0.639. The van der Waals surface area contributed by atoms with Crippen LogP contribution in [-0.2, 0) is 14.8 Å². The second-order valence-corrected chi connectivity index (χ2v) is 8.06. The van der Waals surface area contributed by atoms with Gasteiger partial charge in [-0.05, 0) is 30.7 Å². The normalized spacial score (nSPS) is 19.6. The molecule has 1 aromatic heterocycles. The van der Waals surface area contributed by atoms with Crippen LogP contribution in [0.3, 0.4) is 0 Å². The minimum Gasteiger partial charge on any atom is -0.323 e. The Kier molecular flexibility index (Phi) is 5.23. The van der Waals surface area contributed by atoms with Crippen molar-refractivity contribution in [1.29, 1.82) is 0 Å². The Morgan fingerprint density at radius 2 is 2.29 bits per heavy atom. The van der Waals surface area contributed by atoms with Gasteiger partial charge in [0.2, 0.25) is 15.9 Å². The van der Waals surface area contributed by atoms with E-state index in [-0.39, 0.29) is 5.91 Å². The number of hydrogen-bond acceptors (Lipinski definition) is 5. The fraction of sp³-hybridized carbons (Fsp3) is 0.538. The number of anilines is 1. The molecule has 21 heavy (non-hydrogen) atoms. The smallest absolute Gasteiger partial charge is 0.242 e. The van der Waals surface area contributed by atoms with E-state index in [9.17, 15) is 13.2 Å². The maximum absolute atomic E-state index is 12.2. The summed E-state index contributed by atoms with van der Waals surface area (Å²) >= 11 is 1.62. The van der Waals surface area contributed by atoms with E-state index < -0.39 is 16.1 Å². The lowest BCUT2D eigenvalue weighted by molar-refractivity contribution is -0.119. The van der Waals surface area contributed by atoms with E-state index >= 15 is 0 Å². The van der Waals surface area contributed by atoms with Crippen LogP contribution in [0, 0.1) is 0 Å². The molecule has 0 saturated carbocycles. The highest BCUT2D eigenvalue weighted by molar-refractivity contribution is 7.99. The van der Waals surface area contributed by atoms with Crippen LogP contribution >= 0.6 is 11.8 Å². The van der Waals surface area contributed by atoms with Gasteiger partial charge in [-0.3, -0.25) is 4.79 Å². The van der Waals surface area contributed by atoms with Crippen LogP contribution in [0.2, 0.25) is 0 Å².